The fourth-order valence-corrected chi connectivity index (χ4v) is 1.45. The van der Waals surface area contributed by atoms with Crippen molar-refractivity contribution in [1.29, 1.82) is 0 Å². The lowest BCUT2D eigenvalue weighted by Crippen LogP contribution is -2.24. The first-order valence-electron chi connectivity index (χ1n) is 4.74. The summed E-state index contributed by atoms with van der Waals surface area (Å²) < 4.78 is 4.85. The van der Waals surface area contributed by atoms with Gasteiger partial charge in [0.2, 0.25) is 0 Å². The molecule has 2 aromatic carbocycles. The number of carbonyl (C=O) groups excluding carboxylic acids is 1. The summed E-state index contributed by atoms with van der Waals surface area (Å²) in [5.41, 5.74) is 0. The Morgan fingerprint density at radius 3 is 2.50 bits per heavy atom. The van der Waals surface area contributed by atoms with E-state index in [9.17, 15) is 4.79 Å². The Balaban J connectivity index is 2.41. The second-order valence-electron chi connectivity index (χ2n) is 3.27. The van der Waals surface area contributed by atoms with Crippen LogP contribution in [0.5, 0.6) is 5.75 Å². The fraction of sp³-hybridized carbons (Fsp3) is 0.0833. The molecular weight excluding hydrogens is 208 g/mol. The molecule has 0 bridgehead atoms. The van der Waals surface area contributed by atoms with Crippen LogP contribution in [-0.2, 0) is 4.79 Å². The normalized spacial score (nSPS) is 10.7. The quantitative estimate of drug-likeness (QED) is 0.449. The molecular formula is C12H10O4. The van der Waals surface area contributed by atoms with Crippen molar-refractivity contribution < 1.29 is 19.7 Å². The number of ether oxygens (including phenoxy) is 1. The minimum Gasteiger partial charge on any atom is -0.422 e. The van der Waals surface area contributed by atoms with E-state index in [1.54, 1.807) is 18.2 Å². The second-order valence-corrected chi connectivity index (χ2v) is 3.27. The first-order chi connectivity index (χ1) is 7.68. The summed E-state index contributed by atoms with van der Waals surface area (Å²) in [7, 11) is 0. The molecule has 0 radical (unpaired) electrons. The third kappa shape index (κ3) is 2.03. The van der Waals surface area contributed by atoms with Crippen LogP contribution in [0.1, 0.15) is 0 Å². The highest BCUT2D eigenvalue weighted by Crippen LogP contribution is 2.25. The summed E-state index contributed by atoms with van der Waals surface area (Å²) in [6.07, 6.45) is -2.11. The number of aliphatic hydroxyl groups is 2. The van der Waals surface area contributed by atoms with E-state index < -0.39 is 12.3 Å². The Labute approximate surface area is 91.7 Å². The van der Waals surface area contributed by atoms with Gasteiger partial charge in [0.15, 0.2) is 0 Å². The number of hydrogen-bond acceptors (Lipinski definition) is 4. The molecule has 0 aliphatic heterocycles. The Morgan fingerprint density at radius 2 is 1.75 bits per heavy atom. The third-order valence-electron chi connectivity index (χ3n) is 2.17. The summed E-state index contributed by atoms with van der Waals surface area (Å²) in [5.74, 6) is -0.771. The molecule has 2 rings (SSSR count). The maximum atomic E-state index is 11.0. The molecule has 0 heterocycles. The van der Waals surface area contributed by atoms with Gasteiger partial charge in [-0.3, -0.25) is 0 Å². The van der Waals surface area contributed by atoms with Gasteiger partial charge in [-0.15, -0.1) is 0 Å². The van der Waals surface area contributed by atoms with E-state index >= 15 is 0 Å². The third-order valence-corrected chi connectivity index (χ3v) is 2.17. The minimum absolute atomic E-state index is 0.316. The largest absolute Gasteiger partial charge is 0.422 e. The van der Waals surface area contributed by atoms with Gasteiger partial charge in [0.1, 0.15) is 5.75 Å². The second kappa shape index (κ2) is 4.30. The smallest absolute Gasteiger partial charge is 0.368 e. The average Bonchev–Trinajstić information content (AvgIpc) is 2.29. The SMILES string of the molecule is O=C(Oc1cccc2ccccc12)C(O)O. The molecule has 16 heavy (non-hydrogen) atoms. The number of aliphatic hydroxyl groups excluding tert-OH is 1. The van der Waals surface area contributed by atoms with Crippen molar-refractivity contribution >= 4 is 16.7 Å². The van der Waals surface area contributed by atoms with Crippen LogP contribution in [-0.4, -0.2) is 22.5 Å². The molecule has 0 aliphatic rings. The van der Waals surface area contributed by atoms with Gasteiger partial charge in [-0.25, -0.2) is 4.79 Å². The van der Waals surface area contributed by atoms with E-state index in [-0.39, 0.29) is 0 Å². The average molecular weight is 218 g/mol. The Morgan fingerprint density at radius 1 is 1.06 bits per heavy atom. The van der Waals surface area contributed by atoms with Gasteiger partial charge in [0.25, 0.3) is 6.29 Å². The van der Waals surface area contributed by atoms with Crippen LogP contribution in [0.25, 0.3) is 10.8 Å². The van der Waals surface area contributed by atoms with E-state index in [0.29, 0.717) is 5.75 Å². The van der Waals surface area contributed by atoms with Crippen LogP contribution in [0.4, 0.5) is 0 Å². The maximum Gasteiger partial charge on any atom is 0.368 e. The first-order valence-corrected chi connectivity index (χ1v) is 4.74. The molecule has 0 spiro atoms. The molecule has 0 saturated carbocycles. The van der Waals surface area contributed by atoms with Crippen LogP contribution in [0, 0.1) is 0 Å². The molecule has 0 unspecified atom stereocenters. The van der Waals surface area contributed by atoms with Crippen LogP contribution in [0.3, 0.4) is 0 Å². The maximum absolute atomic E-state index is 11.0. The van der Waals surface area contributed by atoms with E-state index in [1.807, 2.05) is 24.3 Å². The number of rotatable bonds is 2. The van der Waals surface area contributed by atoms with Crippen molar-refractivity contribution in [2.75, 3.05) is 0 Å². The highest BCUT2D eigenvalue weighted by Gasteiger charge is 2.14. The fourth-order valence-electron chi connectivity index (χ4n) is 1.45. The summed E-state index contributed by atoms with van der Waals surface area (Å²) >= 11 is 0. The molecule has 82 valence electrons. The van der Waals surface area contributed by atoms with Crippen molar-refractivity contribution in [3.63, 3.8) is 0 Å². The van der Waals surface area contributed by atoms with Crippen LogP contribution >= 0.6 is 0 Å². The molecule has 0 aromatic heterocycles. The minimum atomic E-state index is -2.11. The molecule has 4 heteroatoms. The Hall–Kier alpha value is -1.91. The number of benzene rings is 2. The predicted octanol–water partition coefficient (Wildman–Crippen LogP) is 1.06. The lowest BCUT2D eigenvalue weighted by Gasteiger charge is -2.08. The number of carbonyl (C=O) groups is 1. The monoisotopic (exact) mass is 218 g/mol. The molecule has 0 atom stereocenters. The number of fused-ring (bicyclic) bond motifs is 1. The molecule has 0 saturated heterocycles. The van der Waals surface area contributed by atoms with Crippen molar-refractivity contribution in [2.24, 2.45) is 0 Å². The van der Waals surface area contributed by atoms with Gasteiger partial charge in [-0.05, 0) is 11.5 Å². The zero-order valence-corrected chi connectivity index (χ0v) is 8.33. The molecule has 4 nitrogen and oxygen atoms in total. The standard InChI is InChI=1S/C12H10O4/c13-11(14)12(15)16-10-7-3-5-8-4-1-2-6-9(8)10/h1-7,11,13-14H. The topological polar surface area (TPSA) is 66.8 Å². The molecule has 0 aliphatic carbocycles. The van der Waals surface area contributed by atoms with E-state index in [4.69, 9.17) is 14.9 Å². The molecule has 0 fully saturated rings. The van der Waals surface area contributed by atoms with Crippen LogP contribution in [0.2, 0.25) is 0 Å². The van der Waals surface area contributed by atoms with Crippen molar-refractivity contribution in [3.05, 3.63) is 42.5 Å². The lowest BCUT2D eigenvalue weighted by atomic mass is 10.1. The van der Waals surface area contributed by atoms with Crippen LogP contribution < -0.4 is 4.74 Å². The Bertz CT molecular complexity index is 514. The molecule has 2 N–H and O–H groups in total. The van der Waals surface area contributed by atoms with Gasteiger partial charge < -0.3 is 14.9 Å². The van der Waals surface area contributed by atoms with Gasteiger partial charge >= 0.3 is 5.97 Å². The summed E-state index contributed by atoms with van der Waals surface area (Å²) in [5, 5.41) is 18.9. The van der Waals surface area contributed by atoms with Gasteiger partial charge in [-0.2, -0.15) is 0 Å². The van der Waals surface area contributed by atoms with Crippen molar-refractivity contribution in [2.45, 2.75) is 6.29 Å². The lowest BCUT2D eigenvalue weighted by molar-refractivity contribution is -0.162. The summed E-state index contributed by atoms with van der Waals surface area (Å²) in [6.45, 7) is 0. The van der Waals surface area contributed by atoms with Gasteiger partial charge in [-0.1, -0.05) is 36.4 Å². The number of esters is 1. The first kappa shape index (κ1) is 10.6. The van der Waals surface area contributed by atoms with Crippen LogP contribution in [0.15, 0.2) is 42.5 Å². The van der Waals surface area contributed by atoms with E-state index in [2.05, 4.69) is 0 Å². The van der Waals surface area contributed by atoms with Gasteiger partial charge in [0, 0.05) is 5.39 Å². The predicted molar refractivity (Wildman–Crippen MR) is 57.8 cm³/mol. The van der Waals surface area contributed by atoms with E-state index in [0.717, 1.165) is 10.8 Å². The highest BCUT2D eigenvalue weighted by molar-refractivity contribution is 5.90. The van der Waals surface area contributed by atoms with Crippen molar-refractivity contribution in [3.8, 4) is 5.75 Å². The zero-order chi connectivity index (χ0) is 11.5. The molecule has 0 amide bonds. The summed E-state index contributed by atoms with van der Waals surface area (Å²) in [6, 6.07) is 12.6. The van der Waals surface area contributed by atoms with Crippen molar-refractivity contribution in [1.82, 2.24) is 0 Å². The zero-order valence-electron chi connectivity index (χ0n) is 8.33. The Kier molecular flexibility index (Phi) is 2.85. The van der Waals surface area contributed by atoms with Gasteiger partial charge in [0.05, 0.1) is 0 Å². The number of hydrogen-bond donors (Lipinski definition) is 2. The highest BCUT2D eigenvalue weighted by atomic mass is 16.6. The van der Waals surface area contributed by atoms with E-state index in [1.165, 1.54) is 0 Å². The molecule has 2 aromatic rings. The summed E-state index contributed by atoms with van der Waals surface area (Å²) in [4.78, 5) is 11.0.